The largest absolute Gasteiger partial charge is 0.481 e. The summed E-state index contributed by atoms with van der Waals surface area (Å²) in [6.45, 7) is 4.19. The molecule has 0 spiro atoms. The number of ether oxygens (including phenoxy) is 1. The van der Waals surface area contributed by atoms with Crippen molar-refractivity contribution in [2.24, 2.45) is 0 Å². The molecule has 1 atom stereocenters. The van der Waals surface area contributed by atoms with Crippen LogP contribution in [0, 0.1) is 0 Å². The molecule has 2 heterocycles. The Bertz CT molecular complexity index is 708. The van der Waals surface area contributed by atoms with Gasteiger partial charge in [0.2, 0.25) is 11.8 Å². The van der Waals surface area contributed by atoms with E-state index in [1.54, 1.807) is 7.11 Å². The molecule has 2 aromatic rings. The zero-order valence-corrected chi connectivity index (χ0v) is 14.8. The topological polar surface area (TPSA) is 58.6 Å². The Hall–Kier alpha value is -2.63. The van der Waals surface area contributed by atoms with E-state index in [0.29, 0.717) is 25.4 Å². The number of aromatic nitrogens is 2. The van der Waals surface area contributed by atoms with E-state index in [0.717, 1.165) is 24.3 Å². The molecule has 3 rings (SSSR count). The van der Waals surface area contributed by atoms with Crippen molar-refractivity contribution in [2.45, 2.75) is 32.4 Å². The van der Waals surface area contributed by atoms with E-state index in [1.165, 1.54) is 6.33 Å². The minimum atomic E-state index is 0.149. The molecular formula is C19H24N4O2. The van der Waals surface area contributed by atoms with Crippen molar-refractivity contribution in [1.29, 1.82) is 0 Å². The molecule has 6 nitrogen and oxygen atoms in total. The first-order valence-corrected chi connectivity index (χ1v) is 8.65. The van der Waals surface area contributed by atoms with Crippen molar-refractivity contribution in [1.82, 2.24) is 14.9 Å². The van der Waals surface area contributed by atoms with Gasteiger partial charge in [-0.2, -0.15) is 0 Å². The number of carbonyl (C=O) groups excluding carboxylic acids is 1. The Kier molecular flexibility index (Phi) is 5.48. The molecule has 0 radical (unpaired) electrons. The summed E-state index contributed by atoms with van der Waals surface area (Å²) in [5.74, 6) is 1.54. The second kappa shape index (κ2) is 7.96. The number of amides is 1. The third kappa shape index (κ3) is 4.07. The normalized spacial score (nSPS) is 18.2. The number of anilines is 1. The number of carbonyl (C=O) groups is 1. The van der Waals surface area contributed by atoms with Crippen LogP contribution in [0.4, 0.5) is 5.82 Å². The first-order valence-electron chi connectivity index (χ1n) is 8.65. The highest BCUT2D eigenvalue weighted by atomic mass is 16.5. The van der Waals surface area contributed by atoms with Gasteiger partial charge in [-0.3, -0.25) is 4.79 Å². The van der Waals surface area contributed by atoms with E-state index in [-0.39, 0.29) is 11.9 Å². The number of methoxy groups -OCH3 is 1. The van der Waals surface area contributed by atoms with Crippen LogP contribution in [-0.2, 0) is 11.3 Å². The number of hydrogen-bond donors (Lipinski definition) is 0. The Balaban J connectivity index is 1.80. The molecule has 1 aromatic carbocycles. The quantitative estimate of drug-likeness (QED) is 0.837. The lowest BCUT2D eigenvalue weighted by atomic mass is 10.1. The Labute approximate surface area is 148 Å². The summed E-state index contributed by atoms with van der Waals surface area (Å²) in [7, 11) is 1.59. The average Bonchev–Trinajstić information content (AvgIpc) is 2.82. The van der Waals surface area contributed by atoms with Crippen LogP contribution in [0.15, 0.2) is 42.7 Å². The van der Waals surface area contributed by atoms with Gasteiger partial charge in [-0.1, -0.05) is 37.3 Å². The molecule has 6 heteroatoms. The van der Waals surface area contributed by atoms with E-state index in [9.17, 15) is 4.79 Å². The summed E-state index contributed by atoms with van der Waals surface area (Å²) >= 11 is 0. The van der Waals surface area contributed by atoms with Crippen molar-refractivity contribution >= 4 is 11.7 Å². The summed E-state index contributed by atoms with van der Waals surface area (Å²) in [6, 6.07) is 12.1. The monoisotopic (exact) mass is 340 g/mol. The molecule has 25 heavy (non-hydrogen) atoms. The van der Waals surface area contributed by atoms with Gasteiger partial charge < -0.3 is 14.5 Å². The molecule has 1 aromatic heterocycles. The van der Waals surface area contributed by atoms with Gasteiger partial charge in [-0.25, -0.2) is 9.97 Å². The van der Waals surface area contributed by atoms with Crippen LogP contribution in [0.5, 0.6) is 5.88 Å². The molecule has 0 unspecified atom stereocenters. The zero-order chi connectivity index (χ0) is 17.6. The molecule has 1 saturated heterocycles. The standard InChI is InChI=1S/C19H24N4O2/c1-3-16-13-22(17-11-18(25-2)21-14-20-17)10-9-19(24)23(16)12-15-7-5-4-6-8-15/h4-8,11,14,16H,3,9-10,12-13H2,1-2H3/t16-/m0/s1. The van der Waals surface area contributed by atoms with Crippen LogP contribution >= 0.6 is 0 Å². The van der Waals surface area contributed by atoms with Gasteiger partial charge in [0, 0.05) is 38.2 Å². The Morgan fingerprint density at radius 1 is 1.24 bits per heavy atom. The fourth-order valence-corrected chi connectivity index (χ4v) is 3.19. The highest BCUT2D eigenvalue weighted by Crippen LogP contribution is 2.22. The SMILES string of the molecule is CC[C@H]1CN(c2cc(OC)ncn2)CCC(=O)N1Cc1ccccc1. The molecule has 1 fully saturated rings. The molecule has 1 amide bonds. The highest BCUT2D eigenvalue weighted by molar-refractivity contribution is 5.78. The van der Waals surface area contributed by atoms with Crippen molar-refractivity contribution in [3.05, 3.63) is 48.3 Å². The van der Waals surface area contributed by atoms with Gasteiger partial charge in [-0.15, -0.1) is 0 Å². The summed E-state index contributed by atoms with van der Waals surface area (Å²) in [5, 5.41) is 0. The van der Waals surface area contributed by atoms with Crippen LogP contribution < -0.4 is 9.64 Å². The number of benzene rings is 1. The molecule has 1 aliphatic heterocycles. The molecule has 0 saturated carbocycles. The summed E-state index contributed by atoms with van der Waals surface area (Å²) in [6.07, 6.45) is 2.89. The van der Waals surface area contributed by atoms with Crippen LogP contribution in [0.1, 0.15) is 25.3 Å². The maximum atomic E-state index is 12.7. The second-order valence-electron chi connectivity index (χ2n) is 6.18. The van der Waals surface area contributed by atoms with Gasteiger partial charge in [-0.05, 0) is 12.0 Å². The van der Waals surface area contributed by atoms with Gasteiger partial charge in [0.05, 0.1) is 7.11 Å². The Morgan fingerprint density at radius 3 is 2.76 bits per heavy atom. The smallest absolute Gasteiger partial charge is 0.224 e. The maximum Gasteiger partial charge on any atom is 0.224 e. The minimum Gasteiger partial charge on any atom is -0.481 e. The fourth-order valence-electron chi connectivity index (χ4n) is 3.19. The molecular weight excluding hydrogens is 316 g/mol. The van der Waals surface area contributed by atoms with Crippen LogP contribution in [0.2, 0.25) is 0 Å². The van der Waals surface area contributed by atoms with E-state index in [4.69, 9.17) is 4.74 Å². The van der Waals surface area contributed by atoms with Crippen LogP contribution in [0.3, 0.4) is 0 Å². The molecule has 1 aliphatic rings. The first kappa shape index (κ1) is 17.2. The highest BCUT2D eigenvalue weighted by Gasteiger charge is 2.29. The first-order chi connectivity index (χ1) is 12.2. The predicted molar refractivity (Wildman–Crippen MR) is 96.5 cm³/mol. The molecule has 0 N–H and O–H groups in total. The number of hydrogen-bond acceptors (Lipinski definition) is 5. The van der Waals surface area contributed by atoms with Crippen LogP contribution in [-0.4, -0.2) is 47.0 Å². The maximum absolute atomic E-state index is 12.7. The van der Waals surface area contributed by atoms with Crippen molar-refractivity contribution < 1.29 is 9.53 Å². The Morgan fingerprint density at radius 2 is 2.04 bits per heavy atom. The molecule has 0 aliphatic carbocycles. The lowest BCUT2D eigenvalue weighted by molar-refractivity contribution is -0.133. The lowest BCUT2D eigenvalue weighted by Gasteiger charge is -2.31. The van der Waals surface area contributed by atoms with Gasteiger partial charge in [0.15, 0.2) is 0 Å². The summed E-state index contributed by atoms with van der Waals surface area (Å²) in [4.78, 5) is 25.3. The lowest BCUT2D eigenvalue weighted by Crippen LogP contribution is -2.42. The van der Waals surface area contributed by atoms with Crippen molar-refractivity contribution in [3.8, 4) is 5.88 Å². The van der Waals surface area contributed by atoms with Crippen molar-refractivity contribution in [3.63, 3.8) is 0 Å². The molecule has 0 bridgehead atoms. The summed E-state index contributed by atoms with van der Waals surface area (Å²) in [5.41, 5.74) is 1.16. The second-order valence-corrected chi connectivity index (χ2v) is 6.18. The van der Waals surface area contributed by atoms with E-state index >= 15 is 0 Å². The number of nitrogens with zero attached hydrogens (tertiary/aromatic N) is 4. The van der Waals surface area contributed by atoms with Crippen LogP contribution in [0.25, 0.3) is 0 Å². The molecule has 132 valence electrons. The average molecular weight is 340 g/mol. The van der Waals surface area contributed by atoms with E-state index in [1.807, 2.05) is 29.2 Å². The van der Waals surface area contributed by atoms with Crippen molar-refractivity contribution in [2.75, 3.05) is 25.1 Å². The van der Waals surface area contributed by atoms with E-state index in [2.05, 4.69) is 33.9 Å². The van der Waals surface area contributed by atoms with Gasteiger partial charge in [0.1, 0.15) is 12.1 Å². The number of rotatable bonds is 5. The fraction of sp³-hybridized carbons (Fsp3) is 0.421. The summed E-state index contributed by atoms with van der Waals surface area (Å²) < 4.78 is 5.20. The minimum absolute atomic E-state index is 0.149. The van der Waals surface area contributed by atoms with Gasteiger partial charge in [0.25, 0.3) is 0 Å². The zero-order valence-electron chi connectivity index (χ0n) is 14.8. The third-order valence-electron chi connectivity index (χ3n) is 4.62. The van der Waals surface area contributed by atoms with E-state index < -0.39 is 0 Å². The third-order valence-corrected chi connectivity index (χ3v) is 4.62. The van der Waals surface area contributed by atoms with Gasteiger partial charge >= 0.3 is 0 Å². The predicted octanol–water partition coefficient (Wildman–Crippen LogP) is 2.50.